The maximum atomic E-state index is 13.6. The van der Waals surface area contributed by atoms with Crippen molar-refractivity contribution in [3.05, 3.63) is 35.0 Å². The van der Waals surface area contributed by atoms with Crippen molar-refractivity contribution in [2.75, 3.05) is 25.0 Å². The summed E-state index contributed by atoms with van der Waals surface area (Å²) in [6, 6.07) is 3.26. The van der Waals surface area contributed by atoms with Gasteiger partial charge < -0.3 is 9.91 Å². The van der Waals surface area contributed by atoms with Crippen LogP contribution >= 0.6 is 0 Å². The number of fused-ring (bicyclic) bond motifs is 1. The van der Waals surface area contributed by atoms with E-state index in [9.17, 15) is 13.2 Å². The van der Waals surface area contributed by atoms with Gasteiger partial charge in [0.25, 0.3) is 0 Å². The molecule has 0 amide bonds. The van der Waals surface area contributed by atoms with E-state index in [1.165, 1.54) is 6.07 Å². The fourth-order valence-corrected chi connectivity index (χ4v) is 3.25. The normalized spacial score (nSPS) is 17.2. The smallest absolute Gasteiger partial charge is 0.374 e. The molecule has 0 saturated heterocycles. The van der Waals surface area contributed by atoms with Crippen LogP contribution in [0, 0.1) is 0 Å². The lowest BCUT2D eigenvalue weighted by Gasteiger charge is -2.29. The van der Waals surface area contributed by atoms with Crippen LogP contribution in [0.3, 0.4) is 0 Å². The molecule has 140 valence electrons. The minimum Gasteiger partial charge on any atom is -0.374 e. The monoisotopic (exact) mass is 355 g/mol. The van der Waals surface area contributed by atoms with Gasteiger partial charge in [0.05, 0.1) is 5.56 Å². The third kappa shape index (κ3) is 4.11. The van der Waals surface area contributed by atoms with E-state index in [2.05, 4.69) is 5.43 Å². The summed E-state index contributed by atoms with van der Waals surface area (Å²) in [6.45, 7) is 9.22. The maximum absolute atomic E-state index is 13.6. The van der Waals surface area contributed by atoms with Gasteiger partial charge >= 0.3 is 6.18 Å². The van der Waals surface area contributed by atoms with Crippen molar-refractivity contribution >= 4 is 11.3 Å². The van der Waals surface area contributed by atoms with Crippen LogP contribution in [-0.2, 0) is 12.6 Å². The Bertz CT molecular complexity index is 636. The van der Waals surface area contributed by atoms with Gasteiger partial charge in [-0.3, -0.25) is 0 Å². The number of hydrazine groups is 1. The number of rotatable bonds is 2. The van der Waals surface area contributed by atoms with Crippen LogP contribution < -0.4 is 10.3 Å². The SMILES string of the molecule is CC.CC(C)N1C=C(c2cc3c(cc2C(F)(F)F)N(C)CCC3)CN1. The Labute approximate surface area is 148 Å². The number of aryl methyl sites for hydroxylation is 1. The Morgan fingerprint density at radius 1 is 1.16 bits per heavy atom. The third-order valence-electron chi connectivity index (χ3n) is 4.52. The van der Waals surface area contributed by atoms with Crippen LogP contribution in [-0.4, -0.2) is 31.2 Å². The summed E-state index contributed by atoms with van der Waals surface area (Å²) in [4.78, 5) is 1.92. The average Bonchev–Trinajstić information content (AvgIpc) is 3.05. The lowest BCUT2D eigenvalue weighted by atomic mass is 9.92. The molecule has 2 heterocycles. The number of hydrogen-bond donors (Lipinski definition) is 1. The van der Waals surface area contributed by atoms with Crippen molar-refractivity contribution in [2.45, 2.75) is 52.8 Å². The Morgan fingerprint density at radius 3 is 2.40 bits per heavy atom. The van der Waals surface area contributed by atoms with Gasteiger partial charge in [-0.15, -0.1) is 0 Å². The molecule has 0 unspecified atom stereocenters. The molecule has 0 spiro atoms. The highest BCUT2D eigenvalue weighted by atomic mass is 19.4. The Hall–Kier alpha value is -1.69. The maximum Gasteiger partial charge on any atom is 0.417 e. The molecule has 2 aliphatic heterocycles. The number of nitrogens with one attached hydrogen (secondary N) is 1. The second kappa shape index (κ2) is 7.68. The lowest BCUT2D eigenvalue weighted by Crippen LogP contribution is -2.34. The number of anilines is 1. The lowest BCUT2D eigenvalue weighted by molar-refractivity contribution is -0.137. The highest BCUT2D eigenvalue weighted by Crippen LogP contribution is 2.41. The quantitative estimate of drug-likeness (QED) is 0.831. The van der Waals surface area contributed by atoms with Gasteiger partial charge in [-0.05, 0) is 55.5 Å². The second-order valence-electron chi connectivity index (χ2n) is 6.54. The number of hydrogen-bond acceptors (Lipinski definition) is 3. The molecule has 1 aromatic carbocycles. The van der Waals surface area contributed by atoms with Gasteiger partial charge in [0.15, 0.2) is 0 Å². The summed E-state index contributed by atoms with van der Waals surface area (Å²) in [5, 5.41) is 1.86. The molecule has 1 aromatic rings. The van der Waals surface area contributed by atoms with Crippen LogP contribution in [0.25, 0.3) is 5.57 Å². The van der Waals surface area contributed by atoms with E-state index in [-0.39, 0.29) is 6.04 Å². The zero-order valence-corrected chi connectivity index (χ0v) is 15.7. The molecule has 3 nitrogen and oxygen atoms in total. The summed E-state index contributed by atoms with van der Waals surface area (Å²) in [6.07, 6.45) is -0.744. The van der Waals surface area contributed by atoms with Crippen LogP contribution in [0.2, 0.25) is 0 Å². The van der Waals surface area contributed by atoms with Crippen molar-refractivity contribution in [3.63, 3.8) is 0 Å². The molecule has 0 aliphatic carbocycles. The highest BCUT2D eigenvalue weighted by molar-refractivity contribution is 5.75. The summed E-state index contributed by atoms with van der Waals surface area (Å²) in [5.41, 5.74) is 5.31. The predicted octanol–water partition coefficient (Wildman–Crippen LogP) is 4.68. The molecule has 0 radical (unpaired) electrons. The first-order valence-corrected chi connectivity index (χ1v) is 8.95. The molecule has 3 rings (SSSR count). The topological polar surface area (TPSA) is 18.5 Å². The van der Waals surface area contributed by atoms with Crippen LogP contribution in [0.1, 0.15) is 50.8 Å². The predicted molar refractivity (Wildman–Crippen MR) is 97.3 cm³/mol. The molecule has 0 aromatic heterocycles. The molecular formula is C19H28F3N3. The first kappa shape index (κ1) is 19.6. The van der Waals surface area contributed by atoms with Gasteiger partial charge in [0, 0.05) is 38.1 Å². The molecule has 0 bridgehead atoms. The summed E-state index contributed by atoms with van der Waals surface area (Å²) < 4.78 is 40.7. The Morgan fingerprint density at radius 2 is 1.84 bits per heavy atom. The van der Waals surface area contributed by atoms with E-state index in [1.54, 1.807) is 12.3 Å². The van der Waals surface area contributed by atoms with Crippen molar-refractivity contribution in [1.29, 1.82) is 0 Å². The fraction of sp³-hybridized carbons (Fsp3) is 0.579. The van der Waals surface area contributed by atoms with E-state index >= 15 is 0 Å². The Kier molecular flexibility index (Phi) is 6.03. The molecule has 0 saturated carbocycles. The van der Waals surface area contributed by atoms with E-state index in [4.69, 9.17) is 0 Å². The minimum absolute atomic E-state index is 0.200. The van der Waals surface area contributed by atoms with E-state index in [1.807, 2.05) is 44.7 Å². The molecule has 1 N–H and O–H groups in total. The molecule has 6 heteroatoms. The van der Waals surface area contributed by atoms with E-state index < -0.39 is 11.7 Å². The molecule has 25 heavy (non-hydrogen) atoms. The fourth-order valence-electron chi connectivity index (χ4n) is 3.25. The van der Waals surface area contributed by atoms with Crippen molar-refractivity contribution in [1.82, 2.24) is 10.4 Å². The van der Waals surface area contributed by atoms with Crippen molar-refractivity contribution in [2.24, 2.45) is 0 Å². The zero-order valence-electron chi connectivity index (χ0n) is 15.7. The summed E-state index contributed by atoms with van der Waals surface area (Å²) in [5.74, 6) is 0. The number of benzene rings is 1. The third-order valence-corrected chi connectivity index (χ3v) is 4.52. The van der Waals surface area contributed by atoms with E-state index in [0.717, 1.165) is 24.9 Å². The van der Waals surface area contributed by atoms with E-state index in [0.29, 0.717) is 23.4 Å². The average molecular weight is 355 g/mol. The first-order chi connectivity index (χ1) is 11.8. The molecular weight excluding hydrogens is 327 g/mol. The minimum atomic E-state index is -4.35. The Balaban J connectivity index is 0.00000109. The number of halogens is 3. The van der Waals surface area contributed by atoms with Gasteiger partial charge in [0.2, 0.25) is 0 Å². The zero-order chi connectivity index (χ0) is 18.8. The molecule has 0 atom stereocenters. The largest absolute Gasteiger partial charge is 0.417 e. The summed E-state index contributed by atoms with van der Waals surface area (Å²) >= 11 is 0. The first-order valence-electron chi connectivity index (χ1n) is 8.95. The standard InChI is InChI=1S/C17H22F3N3.C2H6/c1-11(2)23-10-13(9-21-23)14-7-12-5-4-6-22(3)16(12)8-15(14)17(18,19)20;1-2/h7-8,10-11,21H,4-6,9H2,1-3H3;1-2H3. The van der Waals surface area contributed by atoms with Gasteiger partial charge in [-0.2, -0.15) is 13.2 Å². The van der Waals surface area contributed by atoms with Crippen molar-refractivity contribution < 1.29 is 13.2 Å². The second-order valence-corrected chi connectivity index (χ2v) is 6.54. The van der Waals surface area contributed by atoms with Crippen LogP contribution in [0.4, 0.5) is 18.9 Å². The summed E-state index contributed by atoms with van der Waals surface area (Å²) in [7, 11) is 1.86. The van der Waals surface area contributed by atoms with Gasteiger partial charge in [-0.1, -0.05) is 13.8 Å². The molecule has 2 aliphatic rings. The highest BCUT2D eigenvalue weighted by Gasteiger charge is 2.36. The van der Waals surface area contributed by atoms with Crippen LogP contribution in [0.15, 0.2) is 18.3 Å². The molecule has 0 fully saturated rings. The van der Waals surface area contributed by atoms with Gasteiger partial charge in [0.1, 0.15) is 0 Å². The number of alkyl halides is 3. The van der Waals surface area contributed by atoms with Crippen LogP contribution in [0.5, 0.6) is 0 Å². The van der Waals surface area contributed by atoms with Gasteiger partial charge in [-0.25, -0.2) is 5.43 Å². The number of nitrogens with zero attached hydrogens (tertiary/aromatic N) is 2. The van der Waals surface area contributed by atoms with Crippen molar-refractivity contribution in [3.8, 4) is 0 Å².